The van der Waals surface area contributed by atoms with Crippen molar-refractivity contribution in [3.8, 4) is 0 Å². The van der Waals surface area contributed by atoms with Gasteiger partial charge in [-0.25, -0.2) is 4.99 Å². The van der Waals surface area contributed by atoms with Crippen LogP contribution in [-0.2, 0) is 18.4 Å². The first kappa shape index (κ1) is 14.9. The number of nitrogens with zero attached hydrogens (tertiary/aromatic N) is 6. The van der Waals surface area contributed by atoms with Crippen LogP contribution in [0.2, 0.25) is 0 Å². The van der Waals surface area contributed by atoms with E-state index in [9.17, 15) is 4.79 Å². The SMILES string of the molecule is C=C(/N=C\N(C)Cc1nnn(C)n1)SC(=C)C(N)=O. The summed E-state index contributed by atoms with van der Waals surface area (Å²) in [6, 6.07) is 0. The average Bonchev–Trinajstić information content (AvgIpc) is 2.72. The van der Waals surface area contributed by atoms with Gasteiger partial charge in [-0.3, -0.25) is 4.79 Å². The fourth-order valence-corrected chi connectivity index (χ4v) is 1.52. The summed E-state index contributed by atoms with van der Waals surface area (Å²) in [6.07, 6.45) is 1.56. The normalized spacial score (nSPS) is 10.6. The topological polar surface area (TPSA) is 102 Å². The number of primary amides is 1. The summed E-state index contributed by atoms with van der Waals surface area (Å²) in [5.41, 5.74) is 5.06. The molecule has 102 valence electrons. The van der Waals surface area contributed by atoms with Gasteiger partial charge in [0.2, 0.25) is 0 Å². The van der Waals surface area contributed by atoms with E-state index >= 15 is 0 Å². The predicted molar refractivity (Wildman–Crippen MR) is 73.8 cm³/mol. The molecule has 8 nitrogen and oxygen atoms in total. The zero-order valence-corrected chi connectivity index (χ0v) is 11.6. The number of aromatic nitrogens is 4. The molecule has 0 bridgehead atoms. The number of carbonyl (C=O) groups excluding carboxylic acids is 1. The predicted octanol–water partition coefficient (Wildman–Crippen LogP) is -0.126. The average molecular weight is 281 g/mol. The molecule has 0 spiro atoms. The molecule has 1 amide bonds. The molecule has 0 aliphatic heterocycles. The van der Waals surface area contributed by atoms with E-state index < -0.39 is 5.91 Å². The van der Waals surface area contributed by atoms with Crippen LogP contribution < -0.4 is 5.73 Å². The lowest BCUT2D eigenvalue weighted by molar-refractivity contribution is -0.113. The highest BCUT2D eigenvalue weighted by Gasteiger charge is 2.05. The molecule has 1 aromatic heterocycles. The molecule has 9 heteroatoms. The summed E-state index contributed by atoms with van der Waals surface area (Å²) in [5.74, 6) is -0.00488. The Labute approximate surface area is 115 Å². The number of amides is 1. The molecule has 0 saturated carbocycles. The van der Waals surface area contributed by atoms with E-state index in [2.05, 4.69) is 33.6 Å². The van der Waals surface area contributed by atoms with Gasteiger partial charge in [0, 0.05) is 7.05 Å². The van der Waals surface area contributed by atoms with E-state index in [1.165, 1.54) is 4.80 Å². The summed E-state index contributed by atoms with van der Waals surface area (Å²) in [6.45, 7) is 7.65. The lowest BCUT2D eigenvalue weighted by Crippen LogP contribution is -2.16. The second kappa shape index (κ2) is 6.69. The molecule has 0 saturated heterocycles. The van der Waals surface area contributed by atoms with E-state index in [-0.39, 0.29) is 4.91 Å². The second-order valence-electron chi connectivity index (χ2n) is 3.64. The van der Waals surface area contributed by atoms with E-state index in [4.69, 9.17) is 5.73 Å². The number of hydrogen-bond acceptors (Lipinski definition) is 6. The molecule has 0 atom stereocenters. The first-order valence-corrected chi connectivity index (χ1v) is 6.03. The first-order chi connectivity index (χ1) is 8.88. The van der Waals surface area contributed by atoms with Gasteiger partial charge < -0.3 is 10.6 Å². The van der Waals surface area contributed by atoms with Gasteiger partial charge in [-0.15, -0.1) is 10.2 Å². The number of tetrazole rings is 1. The van der Waals surface area contributed by atoms with Gasteiger partial charge in [0.05, 0.1) is 29.9 Å². The van der Waals surface area contributed by atoms with E-state index in [1.807, 2.05) is 0 Å². The Balaban J connectivity index is 2.45. The van der Waals surface area contributed by atoms with Crippen molar-refractivity contribution in [3.63, 3.8) is 0 Å². The van der Waals surface area contributed by atoms with Crippen LogP contribution in [0.5, 0.6) is 0 Å². The largest absolute Gasteiger partial charge is 0.365 e. The summed E-state index contributed by atoms with van der Waals surface area (Å²) < 4.78 is 0. The minimum Gasteiger partial charge on any atom is -0.365 e. The number of aryl methyl sites for hydroxylation is 1. The molecule has 1 rings (SSSR count). The number of carbonyl (C=O) groups is 1. The van der Waals surface area contributed by atoms with Crippen LogP contribution in [-0.4, -0.2) is 44.4 Å². The van der Waals surface area contributed by atoms with Crippen LogP contribution in [0.15, 0.2) is 28.1 Å². The molecule has 0 aliphatic carbocycles. The standard InChI is InChI=1S/C10H15N7OS/c1-7(10(11)18)19-8(2)12-6-16(3)5-9-13-15-17(4)14-9/h6H,1-2,5H2,3-4H3,(H2,11,18)/b12-6-. The molecule has 0 unspecified atom stereocenters. The Morgan fingerprint density at radius 2 is 2.32 bits per heavy atom. The monoisotopic (exact) mass is 281 g/mol. The van der Waals surface area contributed by atoms with Crippen LogP contribution in [0, 0.1) is 0 Å². The molecular weight excluding hydrogens is 266 g/mol. The van der Waals surface area contributed by atoms with Crippen molar-refractivity contribution < 1.29 is 4.79 Å². The van der Waals surface area contributed by atoms with E-state index in [1.54, 1.807) is 25.3 Å². The summed E-state index contributed by atoms with van der Waals surface area (Å²) in [7, 11) is 3.50. The van der Waals surface area contributed by atoms with Crippen LogP contribution in [0.1, 0.15) is 5.82 Å². The van der Waals surface area contributed by atoms with Gasteiger partial charge in [0.15, 0.2) is 5.82 Å². The molecule has 0 radical (unpaired) electrons. The summed E-state index contributed by atoms with van der Waals surface area (Å²) in [4.78, 5) is 18.2. The molecule has 19 heavy (non-hydrogen) atoms. The minimum absolute atomic E-state index is 0.195. The van der Waals surface area contributed by atoms with Crippen molar-refractivity contribution in [2.75, 3.05) is 7.05 Å². The number of nitrogens with two attached hydrogens (primary N) is 1. The number of thioether (sulfide) groups is 1. The highest BCUT2D eigenvalue weighted by molar-refractivity contribution is 8.07. The van der Waals surface area contributed by atoms with Gasteiger partial charge in [-0.1, -0.05) is 24.9 Å². The molecule has 0 aliphatic rings. The second-order valence-corrected chi connectivity index (χ2v) is 4.81. The van der Waals surface area contributed by atoms with Crippen LogP contribution in [0.4, 0.5) is 0 Å². The molecular formula is C10H15N7OS. The van der Waals surface area contributed by atoms with Crippen LogP contribution >= 0.6 is 11.8 Å². The van der Waals surface area contributed by atoms with E-state index in [0.29, 0.717) is 17.4 Å². The quantitative estimate of drug-likeness (QED) is 0.424. The Kier molecular flexibility index (Phi) is 5.24. The smallest absolute Gasteiger partial charge is 0.254 e. The van der Waals surface area contributed by atoms with Gasteiger partial charge in [0.25, 0.3) is 5.91 Å². The highest BCUT2D eigenvalue weighted by atomic mass is 32.2. The molecule has 2 N–H and O–H groups in total. The van der Waals surface area contributed by atoms with Gasteiger partial charge in [-0.05, 0) is 5.21 Å². The fourth-order valence-electron chi connectivity index (χ4n) is 1.03. The molecule has 1 heterocycles. The van der Waals surface area contributed by atoms with Crippen molar-refractivity contribution >= 4 is 24.0 Å². The zero-order valence-electron chi connectivity index (χ0n) is 10.8. The first-order valence-electron chi connectivity index (χ1n) is 5.21. The van der Waals surface area contributed by atoms with Crippen LogP contribution in [0.25, 0.3) is 0 Å². The maximum Gasteiger partial charge on any atom is 0.254 e. The van der Waals surface area contributed by atoms with Gasteiger partial charge >= 0.3 is 0 Å². The fraction of sp³-hybridized carbons (Fsp3) is 0.300. The van der Waals surface area contributed by atoms with Crippen molar-refractivity contribution in [2.24, 2.45) is 17.8 Å². The zero-order chi connectivity index (χ0) is 14.4. The third-order valence-electron chi connectivity index (χ3n) is 1.86. The van der Waals surface area contributed by atoms with Crippen LogP contribution in [0.3, 0.4) is 0 Å². The maximum absolute atomic E-state index is 10.8. The van der Waals surface area contributed by atoms with Gasteiger partial charge in [0.1, 0.15) is 0 Å². The Bertz CT molecular complexity index is 522. The third-order valence-corrected chi connectivity index (χ3v) is 2.64. The Morgan fingerprint density at radius 1 is 1.63 bits per heavy atom. The maximum atomic E-state index is 10.8. The van der Waals surface area contributed by atoms with Crippen molar-refractivity contribution in [1.29, 1.82) is 0 Å². The molecule has 1 aromatic rings. The minimum atomic E-state index is -0.585. The Hall–Kier alpha value is -2.16. The van der Waals surface area contributed by atoms with Crippen molar-refractivity contribution in [2.45, 2.75) is 6.54 Å². The van der Waals surface area contributed by atoms with Gasteiger partial charge in [-0.2, -0.15) is 4.80 Å². The molecule has 0 aromatic carbocycles. The van der Waals surface area contributed by atoms with Crippen molar-refractivity contribution in [3.05, 3.63) is 28.9 Å². The number of hydrogen-bond donors (Lipinski definition) is 1. The highest BCUT2D eigenvalue weighted by Crippen LogP contribution is 2.22. The summed E-state index contributed by atoms with van der Waals surface area (Å²) >= 11 is 1.02. The van der Waals surface area contributed by atoms with Crippen molar-refractivity contribution in [1.82, 2.24) is 25.1 Å². The lowest BCUT2D eigenvalue weighted by atomic mass is 10.6. The number of aliphatic imine (C=N–C) groups is 1. The molecule has 0 fully saturated rings. The van der Waals surface area contributed by atoms with E-state index in [0.717, 1.165) is 11.8 Å². The Morgan fingerprint density at radius 3 is 2.84 bits per heavy atom. The number of rotatable bonds is 7. The third kappa shape index (κ3) is 5.34. The summed E-state index contributed by atoms with van der Waals surface area (Å²) in [5, 5.41) is 12.0. The lowest BCUT2D eigenvalue weighted by Gasteiger charge is -2.09.